The van der Waals surface area contributed by atoms with E-state index in [2.05, 4.69) is 10.2 Å². The molecule has 9 heteroatoms. The number of hydrogen-bond acceptors (Lipinski definition) is 4. The van der Waals surface area contributed by atoms with Gasteiger partial charge in [-0.05, 0) is 30.5 Å². The molecule has 24 heavy (non-hydrogen) atoms. The summed E-state index contributed by atoms with van der Waals surface area (Å²) in [6.07, 6.45) is -0.136. The molecule has 0 radical (unpaired) electrons. The molecule has 2 aromatic rings. The van der Waals surface area contributed by atoms with Crippen molar-refractivity contribution < 1.29 is 24.9 Å². The summed E-state index contributed by atoms with van der Waals surface area (Å²) in [5.41, 5.74) is -0.449. The molecule has 0 saturated heterocycles. The number of aromatic amines is 1. The van der Waals surface area contributed by atoms with Crippen LogP contribution in [0, 0.1) is 11.3 Å². The highest BCUT2D eigenvalue weighted by Gasteiger charge is 2.43. The lowest BCUT2D eigenvalue weighted by atomic mass is 9.72. The van der Waals surface area contributed by atoms with Crippen LogP contribution < -0.4 is 0 Å². The van der Waals surface area contributed by atoms with Crippen LogP contribution in [0.2, 0.25) is 10.2 Å². The highest BCUT2D eigenvalue weighted by Crippen LogP contribution is 2.38. The Morgan fingerprint density at radius 1 is 1.38 bits per heavy atom. The van der Waals surface area contributed by atoms with Gasteiger partial charge in [-0.2, -0.15) is 5.10 Å². The van der Waals surface area contributed by atoms with Crippen LogP contribution in [0.3, 0.4) is 0 Å². The van der Waals surface area contributed by atoms with Crippen molar-refractivity contribution in [2.45, 2.75) is 26.9 Å². The molecule has 7 nitrogen and oxygen atoms in total. The zero-order valence-corrected chi connectivity index (χ0v) is 14.4. The summed E-state index contributed by atoms with van der Waals surface area (Å²) in [6, 6.07) is 1.49. The van der Waals surface area contributed by atoms with Crippen LogP contribution in [0.5, 0.6) is 0 Å². The summed E-state index contributed by atoms with van der Waals surface area (Å²) >= 11 is 12.2. The van der Waals surface area contributed by atoms with Gasteiger partial charge in [0, 0.05) is 5.39 Å². The Balaban J connectivity index is 2.65. The maximum atomic E-state index is 11.7. The maximum Gasteiger partial charge on any atom is 0.310 e. The Labute approximate surface area is 147 Å². The number of rotatable bonds is 6. The van der Waals surface area contributed by atoms with Crippen molar-refractivity contribution in [1.29, 1.82) is 0 Å². The van der Waals surface area contributed by atoms with Crippen LogP contribution in [0.15, 0.2) is 6.07 Å². The van der Waals surface area contributed by atoms with Gasteiger partial charge in [0.25, 0.3) is 0 Å². The van der Waals surface area contributed by atoms with Gasteiger partial charge in [-0.25, -0.2) is 0 Å². The predicted molar refractivity (Wildman–Crippen MR) is 88.3 cm³/mol. The minimum atomic E-state index is -1.59. The summed E-state index contributed by atoms with van der Waals surface area (Å²) < 4.78 is 0. The van der Waals surface area contributed by atoms with Crippen LogP contribution >= 0.6 is 23.2 Å². The number of aliphatic hydroxyl groups is 1. The zero-order valence-electron chi connectivity index (χ0n) is 12.9. The van der Waals surface area contributed by atoms with Crippen molar-refractivity contribution in [3.8, 4) is 0 Å². The number of aliphatic carboxylic acids is 2. The van der Waals surface area contributed by atoms with Crippen molar-refractivity contribution >= 4 is 46.0 Å². The number of nitrogens with zero attached hydrogens (tertiary/aromatic N) is 1. The Kier molecular flexibility index (Phi) is 5.08. The maximum absolute atomic E-state index is 11.7. The number of benzene rings is 1. The molecule has 0 amide bonds. The van der Waals surface area contributed by atoms with Gasteiger partial charge in [0.05, 0.1) is 23.0 Å². The van der Waals surface area contributed by atoms with E-state index in [1.165, 1.54) is 19.9 Å². The highest BCUT2D eigenvalue weighted by molar-refractivity contribution is 6.39. The normalized spacial score (nSPS) is 15.2. The smallest absolute Gasteiger partial charge is 0.310 e. The third-order valence-electron chi connectivity index (χ3n) is 4.47. The summed E-state index contributed by atoms with van der Waals surface area (Å²) in [5, 5.41) is 35.8. The zero-order chi connectivity index (χ0) is 18.2. The van der Waals surface area contributed by atoms with Gasteiger partial charge in [-0.3, -0.25) is 14.7 Å². The first-order valence-electron chi connectivity index (χ1n) is 7.04. The highest BCUT2D eigenvalue weighted by atomic mass is 35.5. The first kappa shape index (κ1) is 18.5. The minimum absolute atomic E-state index is 0.136. The summed E-state index contributed by atoms with van der Waals surface area (Å²) in [7, 11) is 0. The van der Waals surface area contributed by atoms with Gasteiger partial charge < -0.3 is 15.3 Å². The van der Waals surface area contributed by atoms with Crippen molar-refractivity contribution in [3.63, 3.8) is 0 Å². The number of carboxylic acid groups (broad SMARTS) is 2. The van der Waals surface area contributed by atoms with E-state index in [-0.39, 0.29) is 16.6 Å². The molecule has 0 spiro atoms. The van der Waals surface area contributed by atoms with Crippen LogP contribution in [0.1, 0.15) is 25.0 Å². The van der Waals surface area contributed by atoms with Crippen LogP contribution in [-0.2, 0) is 22.6 Å². The molecule has 0 aliphatic carbocycles. The number of aromatic nitrogens is 2. The lowest BCUT2D eigenvalue weighted by Gasteiger charge is -2.29. The number of carbonyl (C=O) groups is 2. The molecule has 0 saturated carbocycles. The molecule has 130 valence electrons. The van der Waals surface area contributed by atoms with Gasteiger partial charge in [-0.1, -0.05) is 30.1 Å². The second kappa shape index (κ2) is 6.58. The second-order valence-corrected chi connectivity index (χ2v) is 6.66. The van der Waals surface area contributed by atoms with Gasteiger partial charge in [0.2, 0.25) is 0 Å². The van der Waals surface area contributed by atoms with Crippen LogP contribution in [-0.4, -0.2) is 37.5 Å². The van der Waals surface area contributed by atoms with Gasteiger partial charge in [0.15, 0.2) is 0 Å². The summed E-state index contributed by atoms with van der Waals surface area (Å²) in [4.78, 5) is 23.0. The average Bonchev–Trinajstić information content (AvgIpc) is 2.89. The van der Waals surface area contributed by atoms with Crippen molar-refractivity contribution in [3.05, 3.63) is 27.4 Å². The Morgan fingerprint density at radius 3 is 2.50 bits per heavy atom. The van der Waals surface area contributed by atoms with Gasteiger partial charge in [0.1, 0.15) is 10.7 Å². The van der Waals surface area contributed by atoms with E-state index in [4.69, 9.17) is 23.2 Å². The number of carboxylic acids is 2. The van der Waals surface area contributed by atoms with E-state index in [0.717, 1.165) is 0 Å². The van der Waals surface area contributed by atoms with E-state index < -0.39 is 29.9 Å². The number of hydrogen-bond donors (Lipinski definition) is 4. The van der Waals surface area contributed by atoms with E-state index in [9.17, 15) is 24.9 Å². The monoisotopic (exact) mass is 374 g/mol. The Hall–Kier alpha value is -1.83. The number of H-pyrrole nitrogens is 1. The molecule has 2 rings (SSSR count). The Bertz CT molecular complexity index is 820. The molecule has 4 N–H and O–H groups in total. The fourth-order valence-corrected chi connectivity index (χ4v) is 3.17. The summed E-state index contributed by atoms with van der Waals surface area (Å²) in [5.74, 6) is -3.63. The largest absolute Gasteiger partial charge is 0.481 e. The number of nitrogens with one attached hydrogen (secondary N) is 1. The molecular formula is C15H16Cl2N2O5. The first-order chi connectivity index (χ1) is 11.1. The summed E-state index contributed by atoms with van der Waals surface area (Å²) in [6.45, 7) is 2.27. The second-order valence-electron chi connectivity index (χ2n) is 5.87. The number of halogens is 2. The van der Waals surface area contributed by atoms with Gasteiger partial charge >= 0.3 is 11.9 Å². The molecule has 0 bridgehead atoms. The third kappa shape index (κ3) is 2.94. The minimum Gasteiger partial charge on any atom is -0.481 e. The number of aliphatic hydroxyl groups excluding tert-OH is 1. The molecule has 1 heterocycles. The fourth-order valence-electron chi connectivity index (χ4n) is 2.66. The Morgan fingerprint density at radius 2 is 2.00 bits per heavy atom. The van der Waals surface area contributed by atoms with Crippen molar-refractivity contribution in [1.82, 2.24) is 10.2 Å². The van der Waals surface area contributed by atoms with Crippen molar-refractivity contribution in [2.75, 3.05) is 0 Å². The topological polar surface area (TPSA) is 124 Å². The molecule has 1 aromatic carbocycles. The molecule has 0 fully saturated rings. The molecule has 1 unspecified atom stereocenters. The fraction of sp³-hybridized carbons (Fsp3) is 0.400. The molecular weight excluding hydrogens is 359 g/mol. The van der Waals surface area contributed by atoms with Crippen LogP contribution in [0.4, 0.5) is 0 Å². The van der Waals surface area contributed by atoms with E-state index in [0.29, 0.717) is 22.0 Å². The first-order valence-corrected chi connectivity index (χ1v) is 7.80. The van der Waals surface area contributed by atoms with Crippen LogP contribution in [0.25, 0.3) is 10.9 Å². The van der Waals surface area contributed by atoms with E-state index in [1.807, 2.05) is 0 Å². The van der Waals surface area contributed by atoms with Gasteiger partial charge in [-0.15, -0.1) is 0 Å². The molecule has 0 aliphatic heterocycles. The average molecular weight is 375 g/mol. The quantitative estimate of drug-likeness (QED) is 0.616. The molecule has 2 atom stereocenters. The predicted octanol–water partition coefficient (Wildman–Crippen LogP) is 2.72. The lowest BCUT2D eigenvalue weighted by molar-refractivity contribution is -0.160. The SMILES string of the molecule is CC(C(=O)O)[C@](C)(Cc1cc(Cl)c2n[nH]c(Cl)c2c1CO)C(=O)O. The third-order valence-corrected chi connectivity index (χ3v) is 5.03. The number of fused-ring (bicyclic) bond motifs is 1. The van der Waals surface area contributed by atoms with E-state index in [1.54, 1.807) is 0 Å². The standard InChI is InChI=1S/C15H16Cl2N2O5/c1-6(13(21)22)15(2,14(23)24)4-7-3-9(16)11-10(8(7)5-20)12(17)19-18-11/h3,6,20H,4-5H2,1-2H3,(H,18,19)(H,21,22)(H,23,24)/t6?,15-/m0/s1. The lowest BCUT2D eigenvalue weighted by Crippen LogP contribution is -2.40. The molecule has 0 aliphatic rings. The van der Waals surface area contributed by atoms with Crippen molar-refractivity contribution in [2.24, 2.45) is 11.3 Å². The van der Waals surface area contributed by atoms with E-state index >= 15 is 0 Å². The molecule has 1 aromatic heterocycles.